The van der Waals surface area contributed by atoms with E-state index in [4.69, 9.17) is 9.25 Å². The van der Waals surface area contributed by atoms with Gasteiger partial charge in [-0.05, 0) is 93.0 Å². The lowest BCUT2D eigenvalue weighted by Gasteiger charge is -2.21. The van der Waals surface area contributed by atoms with E-state index >= 15 is 0 Å². The third kappa shape index (κ3) is 6.05. The van der Waals surface area contributed by atoms with Gasteiger partial charge in [-0.25, -0.2) is 4.79 Å². The first-order valence-electron chi connectivity index (χ1n) is 15.9. The van der Waals surface area contributed by atoms with Gasteiger partial charge in [-0.15, -0.1) is 0 Å². The molecule has 7 heteroatoms. The van der Waals surface area contributed by atoms with Crippen molar-refractivity contribution in [3.05, 3.63) is 74.9 Å². The van der Waals surface area contributed by atoms with Crippen molar-refractivity contribution < 1.29 is 14.0 Å². The second kappa shape index (κ2) is 12.6. The maximum atomic E-state index is 13.8. The van der Waals surface area contributed by atoms with Gasteiger partial charge in [-0.3, -0.25) is 9.36 Å². The molecule has 0 aliphatic heterocycles. The van der Waals surface area contributed by atoms with Crippen LogP contribution in [0, 0.1) is 5.92 Å². The summed E-state index contributed by atoms with van der Waals surface area (Å²) in [5.74, 6) is 0.0565. The summed E-state index contributed by atoms with van der Waals surface area (Å²) < 4.78 is 10.5. The van der Waals surface area contributed by atoms with Gasteiger partial charge in [-0.2, -0.15) is 0 Å². The van der Waals surface area contributed by atoms with E-state index in [0.29, 0.717) is 22.6 Å². The number of oxazole rings is 1. The average molecular weight is 580 g/mol. The van der Waals surface area contributed by atoms with Crippen LogP contribution in [0.4, 0.5) is 0 Å². The highest BCUT2D eigenvalue weighted by Gasteiger charge is 2.20. The Morgan fingerprint density at radius 2 is 1.65 bits per heavy atom. The number of oxime groups is 1. The average Bonchev–Trinajstić information content (AvgIpc) is 3.52. The van der Waals surface area contributed by atoms with Crippen molar-refractivity contribution in [2.45, 2.75) is 97.6 Å². The molecule has 2 aliphatic rings. The van der Waals surface area contributed by atoms with Crippen LogP contribution in [0.1, 0.15) is 102 Å². The van der Waals surface area contributed by atoms with Crippen LogP contribution < -0.4 is 16.5 Å². The molecule has 6 rings (SSSR count). The van der Waals surface area contributed by atoms with Gasteiger partial charge in [0, 0.05) is 41.3 Å². The zero-order valence-corrected chi connectivity index (χ0v) is 25.5. The highest BCUT2D eigenvalue weighted by molar-refractivity contribution is 6.11. The molecule has 0 bridgehead atoms. The SMILES string of the molecule is CCn1c2ccc(/C=c3\oc(=C=CC4CCCCC4)n(C4CCCCC4)c3=O)cc2c2cc(/C(C)=N/OC(C)=O)ccc21. The molecule has 0 spiro atoms. The Morgan fingerprint density at radius 1 is 0.977 bits per heavy atom. The van der Waals surface area contributed by atoms with Crippen LogP contribution in [0.2, 0.25) is 0 Å². The van der Waals surface area contributed by atoms with Crippen molar-refractivity contribution in [3.63, 3.8) is 0 Å². The van der Waals surface area contributed by atoms with Gasteiger partial charge >= 0.3 is 5.97 Å². The Balaban J connectivity index is 1.47. The van der Waals surface area contributed by atoms with Gasteiger partial charge in [0.15, 0.2) is 5.42 Å². The summed E-state index contributed by atoms with van der Waals surface area (Å²) >= 11 is 0. The first-order valence-corrected chi connectivity index (χ1v) is 15.9. The summed E-state index contributed by atoms with van der Waals surface area (Å²) in [5, 5.41) is 6.13. The summed E-state index contributed by atoms with van der Waals surface area (Å²) in [7, 11) is 0. The Hall–Kier alpha value is -4.09. The number of allylic oxidation sites excluding steroid dienone is 1. The van der Waals surface area contributed by atoms with Crippen LogP contribution >= 0.6 is 0 Å². The summed E-state index contributed by atoms with van der Waals surface area (Å²) in [6.45, 7) is 6.12. The number of hydrogen-bond donors (Lipinski definition) is 0. The van der Waals surface area contributed by atoms with Gasteiger partial charge < -0.3 is 13.8 Å². The fraction of sp³-hybridized carbons (Fsp3) is 0.444. The summed E-state index contributed by atoms with van der Waals surface area (Å²) in [6.07, 6.45) is 15.7. The number of rotatable bonds is 6. The zero-order chi connectivity index (χ0) is 29.9. The molecule has 0 atom stereocenters. The van der Waals surface area contributed by atoms with Crippen molar-refractivity contribution in [1.82, 2.24) is 9.13 Å². The van der Waals surface area contributed by atoms with Gasteiger partial charge in [-0.1, -0.05) is 61.5 Å². The molecule has 7 nitrogen and oxygen atoms in total. The lowest BCUT2D eigenvalue weighted by Crippen LogP contribution is -2.35. The van der Waals surface area contributed by atoms with E-state index in [0.717, 1.165) is 65.2 Å². The molecule has 2 fully saturated rings. The van der Waals surface area contributed by atoms with Crippen molar-refractivity contribution in [2.24, 2.45) is 11.1 Å². The first-order chi connectivity index (χ1) is 20.9. The first kappa shape index (κ1) is 29.0. The number of aromatic nitrogens is 2. The lowest BCUT2D eigenvalue weighted by molar-refractivity contribution is -0.140. The number of carbonyl (C=O) groups is 1. The molecule has 2 saturated carbocycles. The quantitative estimate of drug-likeness (QED) is 0.145. The van der Waals surface area contributed by atoms with Crippen LogP contribution in [0.15, 0.2) is 56.8 Å². The lowest BCUT2D eigenvalue weighted by atomic mass is 9.89. The highest BCUT2D eigenvalue weighted by Crippen LogP contribution is 2.31. The topological polar surface area (TPSA) is 78.7 Å². The van der Waals surface area contributed by atoms with Gasteiger partial charge in [0.2, 0.25) is 5.55 Å². The molecule has 224 valence electrons. The maximum absolute atomic E-state index is 13.8. The van der Waals surface area contributed by atoms with Crippen molar-refractivity contribution in [3.8, 4) is 0 Å². The number of carbonyl (C=O) groups excluding carboxylic acids is 1. The van der Waals surface area contributed by atoms with Gasteiger partial charge in [0.1, 0.15) is 0 Å². The monoisotopic (exact) mass is 579 g/mol. The van der Waals surface area contributed by atoms with Crippen LogP contribution in [0.3, 0.4) is 0 Å². The summed E-state index contributed by atoms with van der Waals surface area (Å²) in [4.78, 5) is 30.0. The molecular formula is C36H41N3O4. The third-order valence-electron chi connectivity index (χ3n) is 9.12. The minimum absolute atomic E-state index is 0.0675. The molecule has 43 heavy (non-hydrogen) atoms. The maximum Gasteiger partial charge on any atom is 0.331 e. The normalized spacial score (nSPS) is 17.5. The molecule has 2 heterocycles. The van der Waals surface area contributed by atoms with Crippen LogP contribution in [-0.4, -0.2) is 20.8 Å². The number of fused-ring (bicyclic) bond motifs is 3. The van der Waals surface area contributed by atoms with Crippen LogP contribution in [-0.2, 0) is 16.2 Å². The largest absolute Gasteiger partial charge is 0.428 e. The summed E-state index contributed by atoms with van der Waals surface area (Å²) in [5.41, 5.74) is 8.92. The van der Waals surface area contributed by atoms with E-state index in [1.165, 1.54) is 45.4 Å². The van der Waals surface area contributed by atoms with E-state index in [1.54, 1.807) is 0 Å². The van der Waals surface area contributed by atoms with Gasteiger partial charge in [0.25, 0.3) is 5.56 Å². The second-order valence-electron chi connectivity index (χ2n) is 12.1. The number of aryl methyl sites for hydroxylation is 1. The molecule has 0 saturated heterocycles. The smallest absolute Gasteiger partial charge is 0.331 e. The third-order valence-corrected chi connectivity index (χ3v) is 9.12. The van der Waals surface area contributed by atoms with Crippen molar-refractivity contribution in [2.75, 3.05) is 0 Å². The molecule has 2 aliphatic carbocycles. The molecule has 0 unspecified atom stereocenters. The standard InChI is InChI=1S/C36H41N3O4/c1-4-38-32-18-15-27(21-30(32)31-23-28(17-19-33(31)38)24(2)37-43-25(3)40)22-34-36(41)39(29-13-9-6-10-14-29)35(42-34)20-16-26-11-7-5-8-12-26/h15-19,21-23,26,29H,4-14H2,1-3H3/b34-22-,37-24+. The fourth-order valence-electron chi connectivity index (χ4n) is 6.87. The van der Waals surface area contributed by atoms with E-state index < -0.39 is 5.97 Å². The molecule has 0 amide bonds. The van der Waals surface area contributed by atoms with Crippen LogP contribution in [0.5, 0.6) is 0 Å². The van der Waals surface area contributed by atoms with Gasteiger partial charge in [0.05, 0.1) is 5.71 Å². The highest BCUT2D eigenvalue weighted by atomic mass is 16.7. The molecule has 0 N–H and O–H groups in total. The van der Waals surface area contributed by atoms with E-state index in [1.807, 2.05) is 23.6 Å². The number of nitrogens with zero attached hydrogens (tertiary/aromatic N) is 3. The molecule has 4 aromatic rings. The predicted molar refractivity (Wildman–Crippen MR) is 172 cm³/mol. The zero-order valence-electron chi connectivity index (χ0n) is 25.5. The molecule has 0 radical (unpaired) electrons. The predicted octanol–water partition coefficient (Wildman–Crippen LogP) is 6.71. The molecular weight excluding hydrogens is 538 g/mol. The Kier molecular flexibility index (Phi) is 8.53. The number of benzene rings is 2. The Labute approximate surface area is 251 Å². The minimum Gasteiger partial charge on any atom is -0.428 e. The molecule has 2 aromatic heterocycles. The molecule has 2 aromatic carbocycles. The second-order valence-corrected chi connectivity index (χ2v) is 12.1. The Bertz CT molecular complexity index is 1900. The Morgan fingerprint density at radius 3 is 2.35 bits per heavy atom. The minimum atomic E-state index is -0.450. The number of hydrogen-bond acceptors (Lipinski definition) is 5. The van der Waals surface area contributed by atoms with Crippen molar-refractivity contribution >= 4 is 45.3 Å². The van der Waals surface area contributed by atoms with E-state index in [9.17, 15) is 9.59 Å². The van der Waals surface area contributed by atoms with E-state index in [-0.39, 0.29) is 11.6 Å². The van der Waals surface area contributed by atoms with E-state index in [2.05, 4.69) is 58.8 Å². The summed E-state index contributed by atoms with van der Waals surface area (Å²) in [6, 6.07) is 12.6. The van der Waals surface area contributed by atoms with Crippen molar-refractivity contribution in [1.29, 1.82) is 0 Å². The fourth-order valence-corrected chi connectivity index (χ4v) is 6.87. The van der Waals surface area contributed by atoms with Crippen LogP contribution in [0.25, 0.3) is 33.6 Å².